The van der Waals surface area contributed by atoms with Crippen molar-refractivity contribution < 1.29 is 32.2 Å². The van der Waals surface area contributed by atoms with E-state index in [9.17, 15) is 22.8 Å². The van der Waals surface area contributed by atoms with Gasteiger partial charge in [0, 0.05) is 17.3 Å². The minimum atomic E-state index is -4.48. The highest BCUT2D eigenvalue weighted by Gasteiger charge is 2.27. The molecule has 2 amide bonds. The lowest BCUT2D eigenvalue weighted by atomic mass is 10.2. The number of amides is 2. The molecule has 2 aromatic carbocycles. The highest BCUT2D eigenvalue weighted by molar-refractivity contribution is 6.02. The fourth-order valence-corrected chi connectivity index (χ4v) is 2.36. The van der Waals surface area contributed by atoms with Crippen LogP contribution < -0.4 is 20.1 Å². The summed E-state index contributed by atoms with van der Waals surface area (Å²) in [5.74, 6) is -0.0206. The largest absolute Gasteiger partial charge is 0.454 e. The Morgan fingerprint density at radius 2 is 1.75 bits per heavy atom. The SMILES string of the molecule is O=C(C=Cc1ccc2c(c1)OCO2)Nc1ccc(C(=O)NCC(F)(F)F)cc1. The van der Waals surface area contributed by atoms with Gasteiger partial charge in [-0.1, -0.05) is 6.07 Å². The molecule has 6 nitrogen and oxygen atoms in total. The first-order valence-electron chi connectivity index (χ1n) is 8.14. The highest BCUT2D eigenvalue weighted by atomic mass is 19.4. The zero-order valence-electron chi connectivity index (χ0n) is 14.4. The van der Waals surface area contributed by atoms with Crippen LogP contribution in [-0.4, -0.2) is 31.3 Å². The average molecular weight is 392 g/mol. The Bertz CT molecular complexity index is 908. The molecule has 0 saturated heterocycles. The molecule has 146 valence electrons. The van der Waals surface area contributed by atoms with Gasteiger partial charge in [-0.3, -0.25) is 9.59 Å². The maximum Gasteiger partial charge on any atom is 0.405 e. The molecule has 0 radical (unpaired) electrons. The van der Waals surface area contributed by atoms with Crippen LogP contribution in [0, 0.1) is 0 Å². The quantitative estimate of drug-likeness (QED) is 0.765. The third-order valence-corrected chi connectivity index (χ3v) is 3.69. The predicted molar refractivity (Wildman–Crippen MR) is 95.1 cm³/mol. The van der Waals surface area contributed by atoms with Gasteiger partial charge in [0.05, 0.1) is 0 Å². The standard InChI is InChI=1S/C19H15F3N2O4/c20-19(21,22)10-23-18(26)13-3-5-14(6-4-13)24-17(25)8-2-12-1-7-15-16(9-12)28-11-27-15/h1-9H,10-11H2,(H,23,26)(H,24,25). The number of benzene rings is 2. The molecule has 2 aromatic rings. The van der Waals surface area contributed by atoms with Gasteiger partial charge < -0.3 is 20.1 Å². The van der Waals surface area contributed by atoms with Crippen molar-refractivity contribution in [1.29, 1.82) is 0 Å². The van der Waals surface area contributed by atoms with Crippen LogP contribution in [-0.2, 0) is 4.79 Å². The number of carbonyl (C=O) groups excluding carboxylic acids is 2. The summed E-state index contributed by atoms with van der Waals surface area (Å²) in [4.78, 5) is 23.6. The van der Waals surface area contributed by atoms with Gasteiger partial charge in [0.2, 0.25) is 12.7 Å². The molecule has 9 heteroatoms. The highest BCUT2D eigenvalue weighted by Crippen LogP contribution is 2.32. The normalized spacial score (nSPS) is 12.8. The number of halogens is 3. The van der Waals surface area contributed by atoms with Crippen molar-refractivity contribution in [2.45, 2.75) is 6.18 Å². The molecule has 0 aromatic heterocycles. The maximum absolute atomic E-state index is 12.1. The van der Waals surface area contributed by atoms with Crippen molar-refractivity contribution in [3.63, 3.8) is 0 Å². The molecular weight excluding hydrogens is 377 g/mol. The maximum atomic E-state index is 12.1. The lowest BCUT2D eigenvalue weighted by Gasteiger charge is -2.09. The smallest absolute Gasteiger partial charge is 0.405 e. The Morgan fingerprint density at radius 1 is 1.04 bits per heavy atom. The second-order valence-corrected chi connectivity index (χ2v) is 5.81. The summed E-state index contributed by atoms with van der Waals surface area (Å²) >= 11 is 0. The molecule has 1 aliphatic heterocycles. The van der Waals surface area contributed by atoms with Gasteiger partial charge in [-0.15, -0.1) is 0 Å². The second kappa shape index (κ2) is 8.03. The molecule has 0 saturated carbocycles. The summed E-state index contributed by atoms with van der Waals surface area (Å²) in [6, 6.07) is 10.7. The molecule has 0 fully saturated rings. The summed E-state index contributed by atoms with van der Waals surface area (Å²) in [5.41, 5.74) is 1.20. The van der Waals surface area contributed by atoms with Gasteiger partial charge in [0.1, 0.15) is 6.54 Å². The first-order valence-corrected chi connectivity index (χ1v) is 8.14. The number of nitrogens with one attached hydrogen (secondary N) is 2. The van der Waals surface area contributed by atoms with Crippen molar-refractivity contribution in [3.05, 3.63) is 59.7 Å². The molecule has 0 spiro atoms. The van der Waals surface area contributed by atoms with Gasteiger partial charge in [0.25, 0.3) is 5.91 Å². The van der Waals surface area contributed by atoms with Gasteiger partial charge in [-0.25, -0.2) is 0 Å². The number of alkyl halides is 3. The van der Waals surface area contributed by atoms with Gasteiger partial charge in [-0.2, -0.15) is 13.2 Å². The topological polar surface area (TPSA) is 76.7 Å². The first-order chi connectivity index (χ1) is 13.3. The molecule has 2 N–H and O–H groups in total. The van der Waals surface area contributed by atoms with E-state index < -0.39 is 24.5 Å². The molecule has 0 unspecified atom stereocenters. The first kappa shape index (κ1) is 19.3. The number of fused-ring (bicyclic) bond motifs is 1. The summed E-state index contributed by atoms with van der Waals surface area (Å²) < 4.78 is 46.8. The van der Waals surface area contributed by atoms with E-state index in [2.05, 4.69) is 5.32 Å². The van der Waals surface area contributed by atoms with Crippen molar-refractivity contribution in [2.24, 2.45) is 0 Å². The Hall–Kier alpha value is -3.49. The van der Waals surface area contributed by atoms with Crippen LogP contribution in [0.2, 0.25) is 0 Å². The van der Waals surface area contributed by atoms with E-state index in [0.717, 1.165) is 5.56 Å². The zero-order chi connectivity index (χ0) is 20.1. The molecule has 0 bridgehead atoms. The van der Waals surface area contributed by atoms with E-state index in [0.29, 0.717) is 17.2 Å². The summed E-state index contributed by atoms with van der Waals surface area (Å²) in [7, 11) is 0. The van der Waals surface area contributed by atoms with Crippen LogP contribution in [0.15, 0.2) is 48.5 Å². The second-order valence-electron chi connectivity index (χ2n) is 5.81. The summed E-state index contributed by atoms with van der Waals surface area (Å²) in [5, 5.41) is 4.37. The van der Waals surface area contributed by atoms with Crippen LogP contribution in [0.3, 0.4) is 0 Å². The van der Waals surface area contributed by atoms with E-state index in [4.69, 9.17) is 9.47 Å². The monoisotopic (exact) mass is 392 g/mol. The van der Waals surface area contributed by atoms with E-state index in [-0.39, 0.29) is 12.4 Å². The van der Waals surface area contributed by atoms with Crippen LogP contribution >= 0.6 is 0 Å². The Morgan fingerprint density at radius 3 is 2.46 bits per heavy atom. The number of carbonyl (C=O) groups is 2. The van der Waals surface area contributed by atoms with Crippen LogP contribution in [0.4, 0.5) is 18.9 Å². The molecule has 28 heavy (non-hydrogen) atoms. The van der Waals surface area contributed by atoms with Crippen molar-refractivity contribution >= 4 is 23.6 Å². The Kier molecular flexibility index (Phi) is 5.53. The fraction of sp³-hybridized carbons (Fsp3) is 0.158. The number of anilines is 1. The van der Waals surface area contributed by atoms with Gasteiger partial charge >= 0.3 is 6.18 Å². The third kappa shape index (κ3) is 5.26. The van der Waals surface area contributed by atoms with Crippen molar-refractivity contribution in [1.82, 2.24) is 5.32 Å². The molecular formula is C19H15F3N2O4. The van der Waals surface area contributed by atoms with Crippen molar-refractivity contribution in [3.8, 4) is 11.5 Å². The van der Waals surface area contributed by atoms with E-state index in [1.807, 2.05) is 0 Å². The number of hydrogen-bond acceptors (Lipinski definition) is 4. The summed E-state index contributed by atoms with van der Waals surface area (Å²) in [6.45, 7) is -1.25. The number of rotatable bonds is 5. The van der Waals surface area contributed by atoms with E-state index >= 15 is 0 Å². The predicted octanol–water partition coefficient (Wildman–Crippen LogP) is 3.36. The Labute approximate surface area is 157 Å². The minimum absolute atomic E-state index is 0.0538. The average Bonchev–Trinajstić information content (AvgIpc) is 3.12. The molecule has 1 aliphatic rings. The van der Waals surface area contributed by atoms with Gasteiger partial charge in [0.15, 0.2) is 11.5 Å². The Balaban J connectivity index is 1.55. The van der Waals surface area contributed by atoms with Crippen molar-refractivity contribution in [2.75, 3.05) is 18.7 Å². The molecule has 3 rings (SSSR count). The molecule has 1 heterocycles. The van der Waals surface area contributed by atoms with Crippen LogP contribution in [0.1, 0.15) is 15.9 Å². The third-order valence-electron chi connectivity index (χ3n) is 3.69. The number of ether oxygens (including phenoxy) is 2. The van der Waals surface area contributed by atoms with Crippen LogP contribution in [0.25, 0.3) is 6.08 Å². The molecule has 0 atom stereocenters. The van der Waals surface area contributed by atoms with Gasteiger partial charge in [-0.05, 0) is 48.0 Å². The minimum Gasteiger partial charge on any atom is -0.454 e. The van der Waals surface area contributed by atoms with E-state index in [1.54, 1.807) is 29.6 Å². The lowest BCUT2D eigenvalue weighted by molar-refractivity contribution is -0.123. The lowest BCUT2D eigenvalue weighted by Crippen LogP contribution is -2.33. The number of hydrogen-bond donors (Lipinski definition) is 2. The van der Waals surface area contributed by atoms with E-state index in [1.165, 1.54) is 30.3 Å². The van der Waals surface area contributed by atoms with Crippen LogP contribution in [0.5, 0.6) is 11.5 Å². The fourth-order valence-electron chi connectivity index (χ4n) is 2.36. The summed E-state index contributed by atoms with van der Waals surface area (Å²) in [6.07, 6.45) is -1.56. The molecule has 0 aliphatic carbocycles. The zero-order valence-corrected chi connectivity index (χ0v) is 14.4.